The Hall–Kier alpha value is -2.17. The molecule has 0 unspecified atom stereocenters. The molecule has 0 aliphatic rings. The molecule has 2 N–H and O–H groups in total. The number of H-pyrrole nitrogens is 1. The first-order valence-electron chi connectivity index (χ1n) is 5.68. The molecule has 94 valence electrons. The van der Waals surface area contributed by atoms with Gasteiger partial charge in [-0.3, -0.25) is 9.89 Å². The fraction of sp³-hybridized carbons (Fsp3) is 0.231. The molecule has 1 aromatic carbocycles. The summed E-state index contributed by atoms with van der Waals surface area (Å²) < 4.78 is 12.7. The number of aromatic nitrogens is 2. The summed E-state index contributed by atoms with van der Waals surface area (Å²) in [6.07, 6.45) is 0. The van der Waals surface area contributed by atoms with Crippen molar-refractivity contribution in [2.45, 2.75) is 19.8 Å². The number of hydrogen-bond acceptors (Lipinski definition) is 2. The van der Waals surface area contributed by atoms with Gasteiger partial charge in [-0.05, 0) is 36.2 Å². The van der Waals surface area contributed by atoms with E-state index in [4.69, 9.17) is 0 Å². The van der Waals surface area contributed by atoms with Crippen molar-refractivity contribution in [3.05, 3.63) is 47.5 Å². The molecular formula is C13H14FN3O. The predicted molar refractivity (Wildman–Crippen MR) is 67.0 cm³/mol. The molecule has 0 atom stereocenters. The van der Waals surface area contributed by atoms with Crippen LogP contribution in [0.3, 0.4) is 0 Å². The molecule has 0 bridgehead atoms. The van der Waals surface area contributed by atoms with Gasteiger partial charge >= 0.3 is 0 Å². The van der Waals surface area contributed by atoms with Crippen molar-refractivity contribution in [2.24, 2.45) is 0 Å². The number of benzene rings is 1. The number of nitrogens with zero attached hydrogens (tertiary/aromatic N) is 1. The first kappa shape index (κ1) is 12.3. The van der Waals surface area contributed by atoms with Gasteiger partial charge in [0.2, 0.25) is 0 Å². The molecule has 0 aliphatic carbocycles. The lowest BCUT2D eigenvalue weighted by Gasteiger charge is -2.02. The third kappa shape index (κ3) is 2.74. The molecular weight excluding hydrogens is 233 g/mol. The van der Waals surface area contributed by atoms with Crippen LogP contribution in [0.5, 0.6) is 0 Å². The Morgan fingerprint density at radius 2 is 2.00 bits per heavy atom. The second kappa shape index (κ2) is 5.00. The Bertz CT molecular complexity index is 546. The third-order valence-electron chi connectivity index (χ3n) is 2.55. The van der Waals surface area contributed by atoms with E-state index in [0.29, 0.717) is 11.4 Å². The van der Waals surface area contributed by atoms with E-state index in [2.05, 4.69) is 15.5 Å². The summed E-state index contributed by atoms with van der Waals surface area (Å²) in [5.74, 6) is -0.371. The van der Waals surface area contributed by atoms with E-state index in [0.717, 1.165) is 5.69 Å². The van der Waals surface area contributed by atoms with Gasteiger partial charge in [0, 0.05) is 11.4 Å². The normalized spacial score (nSPS) is 10.7. The van der Waals surface area contributed by atoms with Crippen molar-refractivity contribution in [2.75, 3.05) is 5.32 Å². The van der Waals surface area contributed by atoms with Gasteiger partial charge in [0.1, 0.15) is 5.82 Å². The summed E-state index contributed by atoms with van der Waals surface area (Å²) in [5.41, 5.74) is 1.76. The zero-order valence-corrected chi connectivity index (χ0v) is 10.2. The van der Waals surface area contributed by atoms with E-state index in [1.165, 1.54) is 24.3 Å². The van der Waals surface area contributed by atoms with Gasteiger partial charge in [-0.1, -0.05) is 13.8 Å². The average molecular weight is 247 g/mol. The third-order valence-corrected chi connectivity index (χ3v) is 2.55. The van der Waals surface area contributed by atoms with Crippen LogP contribution in [0.1, 0.15) is 35.9 Å². The molecule has 4 nitrogen and oxygen atoms in total. The van der Waals surface area contributed by atoms with Crippen molar-refractivity contribution in [3.63, 3.8) is 0 Å². The summed E-state index contributed by atoms with van der Waals surface area (Å²) in [7, 11) is 0. The van der Waals surface area contributed by atoms with Gasteiger partial charge in [-0.25, -0.2) is 4.39 Å². The minimum Gasteiger partial charge on any atom is -0.321 e. The molecule has 2 rings (SSSR count). The highest BCUT2D eigenvalue weighted by Crippen LogP contribution is 2.14. The second-order valence-electron chi connectivity index (χ2n) is 4.32. The molecule has 0 fully saturated rings. The molecule has 1 heterocycles. The Labute approximate surface area is 104 Å². The quantitative estimate of drug-likeness (QED) is 0.876. The molecule has 18 heavy (non-hydrogen) atoms. The molecule has 2 aromatic rings. The number of amides is 1. The van der Waals surface area contributed by atoms with Gasteiger partial charge in [0.05, 0.1) is 0 Å². The predicted octanol–water partition coefficient (Wildman–Crippen LogP) is 2.92. The molecule has 5 heteroatoms. The maximum atomic E-state index is 12.7. The summed E-state index contributed by atoms with van der Waals surface area (Å²) in [6, 6.07) is 7.30. The zero-order chi connectivity index (χ0) is 13.1. The number of aromatic amines is 1. The topological polar surface area (TPSA) is 57.8 Å². The van der Waals surface area contributed by atoms with Crippen LogP contribution in [0.4, 0.5) is 10.1 Å². The van der Waals surface area contributed by atoms with E-state index < -0.39 is 0 Å². The fourth-order valence-electron chi connectivity index (χ4n) is 1.48. The van der Waals surface area contributed by atoms with Gasteiger partial charge in [-0.15, -0.1) is 0 Å². The standard InChI is InChI=1S/C13H14FN3O/c1-8(2)11-7-12(17-16-11)13(18)15-10-5-3-9(14)4-6-10/h3-8H,1-2H3,(H,15,18)(H,16,17). The van der Waals surface area contributed by atoms with Crippen LogP contribution in [0, 0.1) is 5.82 Å². The van der Waals surface area contributed by atoms with E-state index in [1.54, 1.807) is 6.07 Å². The highest BCUT2D eigenvalue weighted by Gasteiger charge is 2.12. The number of carbonyl (C=O) groups excluding carboxylic acids is 1. The van der Waals surface area contributed by atoms with Gasteiger partial charge in [0.15, 0.2) is 5.69 Å². The maximum absolute atomic E-state index is 12.7. The Kier molecular flexibility index (Phi) is 3.41. The van der Waals surface area contributed by atoms with Crippen LogP contribution < -0.4 is 5.32 Å². The van der Waals surface area contributed by atoms with Crippen molar-refractivity contribution >= 4 is 11.6 Å². The number of nitrogens with one attached hydrogen (secondary N) is 2. The first-order valence-corrected chi connectivity index (χ1v) is 5.68. The number of rotatable bonds is 3. The minimum absolute atomic E-state index is 0.282. The van der Waals surface area contributed by atoms with Gasteiger partial charge < -0.3 is 5.32 Å². The van der Waals surface area contributed by atoms with Gasteiger partial charge in [0.25, 0.3) is 5.91 Å². The van der Waals surface area contributed by atoms with Crippen molar-refractivity contribution < 1.29 is 9.18 Å². The largest absolute Gasteiger partial charge is 0.321 e. The molecule has 0 aliphatic heterocycles. The van der Waals surface area contributed by atoms with Crippen LogP contribution in [0.2, 0.25) is 0 Å². The average Bonchev–Trinajstić information content (AvgIpc) is 2.81. The summed E-state index contributed by atoms with van der Waals surface area (Å²) >= 11 is 0. The van der Waals surface area contributed by atoms with Crippen molar-refractivity contribution in [3.8, 4) is 0 Å². The lowest BCUT2D eigenvalue weighted by atomic mass is 10.1. The molecule has 1 amide bonds. The first-order chi connectivity index (χ1) is 8.56. The maximum Gasteiger partial charge on any atom is 0.276 e. The Morgan fingerprint density at radius 3 is 2.56 bits per heavy atom. The monoisotopic (exact) mass is 247 g/mol. The van der Waals surface area contributed by atoms with Crippen molar-refractivity contribution in [1.29, 1.82) is 0 Å². The molecule has 0 radical (unpaired) electrons. The van der Waals surface area contributed by atoms with E-state index in [-0.39, 0.29) is 17.6 Å². The summed E-state index contributed by atoms with van der Waals surface area (Å²) in [4.78, 5) is 11.8. The number of carbonyl (C=O) groups is 1. The second-order valence-corrected chi connectivity index (χ2v) is 4.32. The Morgan fingerprint density at radius 1 is 1.33 bits per heavy atom. The smallest absolute Gasteiger partial charge is 0.276 e. The highest BCUT2D eigenvalue weighted by molar-refractivity contribution is 6.02. The van der Waals surface area contributed by atoms with E-state index in [9.17, 15) is 9.18 Å². The van der Waals surface area contributed by atoms with Crippen LogP contribution >= 0.6 is 0 Å². The molecule has 0 saturated heterocycles. The Balaban J connectivity index is 2.09. The van der Waals surface area contributed by atoms with E-state index in [1.807, 2.05) is 13.8 Å². The van der Waals surface area contributed by atoms with Crippen LogP contribution in [0.25, 0.3) is 0 Å². The number of hydrogen-bond donors (Lipinski definition) is 2. The van der Waals surface area contributed by atoms with Gasteiger partial charge in [-0.2, -0.15) is 5.10 Å². The highest BCUT2D eigenvalue weighted by atomic mass is 19.1. The van der Waals surface area contributed by atoms with Crippen LogP contribution in [-0.4, -0.2) is 16.1 Å². The number of halogens is 1. The summed E-state index contributed by atoms with van der Waals surface area (Å²) in [6.45, 7) is 4.02. The summed E-state index contributed by atoms with van der Waals surface area (Å²) in [5, 5.41) is 9.40. The van der Waals surface area contributed by atoms with Crippen LogP contribution in [-0.2, 0) is 0 Å². The lowest BCUT2D eigenvalue weighted by Crippen LogP contribution is -2.12. The minimum atomic E-state index is -0.338. The molecule has 0 spiro atoms. The molecule has 0 saturated carbocycles. The van der Waals surface area contributed by atoms with Crippen molar-refractivity contribution in [1.82, 2.24) is 10.2 Å². The molecule has 1 aromatic heterocycles. The van der Waals surface area contributed by atoms with E-state index >= 15 is 0 Å². The fourth-order valence-corrected chi connectivity index (χ4v) is 1.48. The lowest BCUT2D eigenvalue weighted by molar-refractivity contribution is 0.102. The zero-order valence-electron chi connectivity index (χ0n) is 10.2. The number of anilines is 1. The SMILES string of the molecule is CC(C)c1cc(C(=O)Nc2ccc(F)cc2)n[nH]1. The van der Waals surface area contributed by atoms with Crippen LogP contribution in [0.15, 0.2) is 30.3 Å².